The lowest BCUT2D eigenvalue weighted by Gasteiger charge is -2.18. The predicted octanol–water partition coefficient (Wildman–Crippen LogP) is 4.92. The number of ether oxygens (including phenoxy) is 3. The fourth-order valence-electron chi connectivity index (χ4n) is 3.73. The minimum absolute atomic E-state index is 0.210. The minimum atomic E-state index is -4.48. The number of hydrogen-bond acceptors (Lipinski definition) is 5. The third-order valence-electron chi connectivity index (χ3n) is 5.28. The Bertz CT molecular complexity index is 1230. The lowest BCUT2D eigenvalue weighted by Crippen LogP contribution is -2.17. The Kier molecular flexibility index (Phi) is 5.88. The molecule has 0 atom stereocenters. The van der Waals surface area contributed by atoms with Crippen LogP contribution in [0.25, 0.3) is 5.69 Å². The normalized spacial score (nSPS) is 13.0. The van der Waals surface area contributed by atoms with Crippen molar-refractivity contribution in [2.75, 3.05) is 19.8 Å². The number of halogens is 3. The maximum Gasteiger partial charge on any atom is 0.416 e. The van der Waals surface area contributed by atoms with Crippen LogP contribution >= 0.6 is 0 Å². The topological polar surface area (TPSA) is 66.8 Å². The number of carbonyl (C=O) groups excluding carboxylic acids is 2. The van der Waals surface area contributed by atoms with Crippen molar-refractivity contribution < 1.29 is 37.0 Å². The van der Waals surface area contributed by atoms with E-state index in [0.717, 1.165) is 12.1 Å². The molecule has 0 amide bonds. The number of esters is 1. The van der Waals surface area contributed by atoms with Gasteiger partial charge >= 0.3 is 12.1 Å². The highest BCUT2D eigenvalue weighted by Gasteiger charge is 2.31. The molecule has 3 aromatic rings. The van der Waals surface area contributed by atoms with Crippen LogP contribution in [0.5, 0.6) is 11.5 Å². The van der Waals surface area contributed by atoms with Gasteiger partial charge in [-0.1, -0.05) is 6.07 Å². The summed E-state index contributed by atoms with van der Waals surface area (Å²) >= 11 is 0. The van der Waals surface area contributed by atoms with Crippen LogP contribution < -0.4 is 9.47 Å². The number of aromatic nitrogens is 1. The molecule has 1 aliphatic heterocycles. The Labute approximate surface area is 187 Å². The van der Waals surface area contributed by atoms with Gasteiger partial charge in [-0.2, -0.15) is 13.2 Å². The molecule has 0 fully saturated rings. The Morgan fingerprint density at radius 3 is 2.45 bits per heavy atom. The van der Waals surface area contributed by atoms with E-state index in [-0.39, 0.29) is 16.8 Å². The van der Waals surface area contributed by atoms with E-state index >= 15 is 0 Å². The molecule has 1 aliphatic rings. The zero-order chi connectivity index (χ0) is 23.8. The Morgan fingerprint density at radius 1 is 1.00 bits per heavy atom. The molecular formula is C24H20F3NO5. The SMILES string of the molecule is Cc1cc(C(=O)COC(=O)c2ccc3c(c2)OCCO3)c(C)n1-c1cccc(C(F)(F)F)c1. The second kappa shape index (κ2) is 8.65. The number of alkyl halides is 3. The maximum atomic E-state index is 13.1. The predicted molar refractivity (Wildman–Crippen MR) is 112 cm³/mol. The van der Waals surface area contributed by atoms with Crippen LogP contribution in [0, 0.1) is 13.8 Å². The van der Waals surface area contributed by atoms with E-state index in [1.54, 1.807) is 30.5 Å². The summed E-state index contributed by atoms with van der Waals surface area (Å²) in [6, 6.07) is 11.0. The molecule has 0 radical (unpaired) electrons. The van der Waals surface area contributed by atoms with Crippen molar-refractivity contribution in [1.82, 2.24) is 4.57 Å². The van der Waals surface area contributed by atoms with Gasteiger partial charge in [0.1, 0.15) is 13.2 Å². The highest BCUT2D eigenvalue weighted by atomic mass is 19.4. The van der Waals surface area contributed by atoms with Gasteiger partial charge in [-0.15, -0.1) is 0 Å². The highest BCUT2D eigenvalue weighted by molar-refractivity contribution is 6.00. The summed E-state index contributed by atoms with van der Waals surface area (Å²) in [7, 11) is 0. The third-order valence-corrected chi connectivity index (χ3v) is 5.28. The lowest BCUT2D eigenvalue weighted by molar-refractivity contribution is -0.137. The monoisotopic (exact) mass is 459 g/mol. The zero-order valence-corrected chi connectivity index (χ0v) is 17.9. The quantitative estimate of drug-likeness (QED) is 0.400. The molecule has 0 saturated heterocycles. The average Bonchev–Trinajstić information content (AvgIpc) is 3.10. The molecule has 2 aromatic carbocycles. The smallest absolute Gasteiger partial charge is 0.416 e. The van der Waals surface area contributed by atoms with Crippen molar-refractivity contribution in [3.8, 4) is 17.2 Å². The van der Waals surface area contributed by atoms with Gasteiger partial charge in [0.2, 0.25) is 5.78 Å². The summed E-state index contributed by atoms with van der Waals surface area (Å²) in [5, 5.41) is 0. The van der Waals surface area contributed by atoms with Crippen molar-refractivity contribution in [2.24, 2.45) is 0 Å². The number of benzene rings is 2. The molecule has 0 N–H and O–H groups in total. The van der Waals surface area contributed by atoms with Gasteiger partial charge in [0, 0.05) is 22.6 Å². The summed E-state index contributed by atoms with van der Waals surface area (Å²) in [5.74, 6) is -0.221. The van der Waals surface area contributed by atoms with Crippen molar-refractivity contribution in [1.29, 1.82) is 0 Å². The Hall–Kier alpha value is -3.75. The number of ketones is 1. The summed E-state index contributed by atoms with van der Waals surface area (Å²) < 4.78 is 56.9. The summed E-state index contributed by atoms with van der Waals surface area (Å²) in [6.45, 7) is 3.59. The fourth-order valence-corrected chi connectivity index (χ4v) is 3.73. The second-order valence-corrected chi connectivity index (χ2v) is 7.53. The molecule has 0 bridgehead atoms. The largest absolute Gasteiger partial charge is 0.486 e. The van der Waals surface area contributed by atoms with Gasteiger partial charge in [0.15, 0.2) is 18.1 Å². The molecule has 1 aromatic heterocycles. The van der Waals surface area contributed by atoms with Gasteiger partial charge in [0.25, 0.3) is 0 Å². The van der Waals surface area contributed by atoms with E-state index in [2.05, 4.69) is 0 Å². The van der Waals surface area contributed by atoms with Crippen LogP contribution in [0.15, 0.2) is 48.5 Å². The Morgan fingerprint density at radius 2 is 1.73 bits per heavy atom. The molecule has 0 spiro atoms. The van der Waals surface area contributed by atoms with E-state index < -0.39 is 30.1 Å². The van der Waals surface area contributed by atoms with Gasteiger partial charge in [-0.3, -0.25) is 4.79 Å². The maximum absolute atomic E-state index is 13.1. The second-order valence-electron chi connectivity index (χ2n) is 7.53. The molecule has 0 aliphatic carbocycles. The summed E-state index contributed by atoms with van der Waals surface area (Å²) in [6.07, 6.45) is -4.48. The van der Waals surface area contributed by atoms with Crippen LogP contribution in [-0.4, -0.2) is 36.1 Å². The van der Waals surface area contributed by atoms with Crippen LogP contribution in [0.2, 0.25) is 0 Å². The molecule has 172 valence electrons. The number of Topliss-reactive ketones (excluding diaryl/α,β-unsaturated/α-hetero) is 1. The van der Waals surface area contributed by atoms with Gasteiger partial charge in [-0.05, 0) is 56.3 Å². The molecule has 2 heterocycles. The first kappa shape index (κ1) is 22.4. The molecule has 9 heteroatoms. The molecule has 0 saturated carbocycles. The molecule has 33 heavy (non-hydrogen) atoms. The van der Waals surface area contributed by atoms with Crippen molar-refractivity contribution >= 4 is 11.8 Å². The fraction of sp³-hybridized carbons (Fsp3) is 0.250. The average molecular weight is 459 g/mol. The summed E-state index contributed by atoms with van der Waals surface area (Å²) in [4.78, 5) is 25.1. The van der Waals surface area contributed by atoms with Crippen LogP contribution in [0.4, 0.5) is 13.2 Å². The van der Waals surface area contributed by atoms with E-state index in [9.17, 15) is 22.8 Å². The number of hydrogen-bond donors (Lipinski definition) is 0. The van der Waals surface area contributed by atoms with E-state index in [0.29, 0.717) is 36.1 Å². The van der Waals surface area contributed by atoms with Crippen LogP contribution in [0.1, 0.15) is 37.7 Å². The molecule has 0 unspecified atom stereocenters. The number of fused-ring (bicyclic) bond motifs is 1. The van der Waals surface area contributed by atoms with Gasteiger partial charge in [-0.25, -0.2) is 4.79 Å². The van der Waals surface area contributed by atoms with Gasteiger partial charge in [0.05, 0.1) is 11.1 Å². The number of nitrogens with zero attached hydrogens (tertiary/aromatic N) is 1. The molecular weight excluding hydrogens is 439 g/mol. The number of carbonyl (C=O) groups is 2. The standard InChI is InChI=1S/C24H20F3NO5/c1-14-10-19(15(2)28(14)18-5-3-4-17(12-18)24(25,26)27)20(29)13-33-23(30)16-6-7-21-22(11-16)32-9-8-31-21/h3-7,10-12H,8-9,13H2,1-2H3. The van der Waals surface area contributed by atoms with Crippen LogP contribution in [-0.2, 0) is 10.9 Å². The minimum Gasteiger partial charge on any atom is -0.486 e. The first-order valence-corrected chi connectivity index (χ1v) is 10.1. The van der Waals surface area contributed by atoms with Crippen molar-refractivity contribution in [3.05, 3.63) is 76.6 Å². The molecule has 6 nitrogen and oxygen atoms in total. The highest BCUT2D eigenvalue weighted by Crippen LogP contribution is 2.32. The van der Waals surface area contributed by atoms with Gasteiger partial charge < -0.3 is 18.8 Å². The number of rotatable bonds is 5. The first-order chi connectivity index (χ1) is 15.6. The third kappa shape index (κ3) is 4.57. The van der Waals surface area contributed by atoms with Crippen molar-refractivity contribution in [2.45, 2.75) is 20.0 Å². The first-order valence-electron chi connectivity index (χ1n) is 10.1. The lowest BCUT2D eigenvalue weighted by atomic mass is 10.1. The van der Waals surface area contributed by atoms with Crippen molar-refractivity contribution in [3.63, 3.8) is 0 Å². The van der Waals surface area contributed by atoms with E-state index in [1.807, 2.05) is 0 Å². The number of aryl methyl sites for hydroxylation is 1. The van der Waals surface area contributed by atoms with E-state index in [4.69, 9.17) is 14.2 Å². The molecule has 4 rings (SSSR count). The van der Waals surface area contributed by atoms with E-state index in [1.165, 1.54) is 24.3 Å². The zero-order valence-electron chi connectivity index (χ0n) is 17.9. The summed E-state index contributed by atoms with van der Waals surface area (Å²) in [5.41, 5.74) is 1.00. The Balaban J connectivity index is 1.50. The van der Waals surface area contributed by atoms with Crippen LogP contribution in [0.3, 0.4) is 0 Å².